The Morgan fingerprint density at radius 3 is 2.57 bits per heavy atom. The van der Waals surface area contributed by atoms with Crippen LogP contribution in [0.5, 0.6) is 0 Å². The Kier molecular flexibility index (Phi) is 5.51. The highest BCUT2D eigenvalue weighted by molar-refractivity contribution is 7.89. The summed E-state index contributed by atoms with van der Waals surface area (Å²) >= 11 is 0. The highest BCUT2D eigenvalue weighted by atomic mass is 32.2. The van der Waals surface area contributed by atoms with Crippen molar-refractivity contribution in [2.45, 2.75) is 17.7 Å². The van der Waals surface area contributed by atoms with Crippen LogP contribution in [0.25, 0.3) is 11.5 Å². The van der Waals surface area contributed by atoms with Crippen LogP contribution >= 0.6 is 0 Å². The van der Waals surface area contributed by atoms with E-state index in [2.05, 4.69) is 15.5 Å². The molecule has 1 fully saturated rings. The number of carbonyl (C=O) groups is 1. The van der Waals surface area contributed by atoms with Gasteiger partial charge in [-0.1, -0.05) is 0 Å². The molecule has 156 valence electrons. The van der Waals surface area contributed by atoms with Crippen molar-refractivity contribution in [3.63, 3.8) is 0 Å². The molecule has 0 spiro atoms. The van der Waals surface area contributed by atoms with Gasteiger partial charge in [0.1, 0.15) is 5.69 Å². The molecule has 30 heavy (non-hydrogen) atoms. The van der Waals surface area contributed by atoms with E-state index in [1.807, 2.05) is 23.1 Å². The minimum atomic E-state index is -3.76. The van der Waals surface area contributed by atoms with E-state index in [0.29, 0.717) is 29.5 Å². The largest absolute Gasteiger partial charge is 0.463 e. The number of nitrogens with two attached hydrogens (primary N) is 1. The number of aromatic nitrogens is 2. The molecule has 4 rings (SSSR count). The number of carbonyl (C=O) groups excluding carboxylic acids is 1. The van der Waals surface area contributed by atoms with Gasteiger partial charge in [-0.25, -0.2) is 13.6 Å². The van der Waals surface area contributed by atoms with Crippen molar-refractivity contribution in [1.82, 2.24) is 10.2 Å². The molecule has 1 aliphatic heterocycles. The highest BCUT2D eigenvalue weighted by Crippen LogP contribution is 2.24. The van der Waals surface area contributed by atoms with E-state index >= 15 is 0 Å². The zero-order valence-electron chi connectivity index (χ0n) is 16.1. The molecule has 10 heteroatoms. The molecular weight excluding hydrogens is 406 g/mol. The van der Waals surface area contributed by atoms with E-state index < -0.39 is 10.0 Å². The van der Waals surface area contributed by atoms with E-state index in [1.165, 1.54) is 24.3 Å². The molecule has 3 heterocycles. The smallest absolute Gasteiger partial charge is 0.238 e. The fraction of sp³-hybridized carbons (Fsp3) is 0.250. The third-order valence-corrected chi connectivity index (χ3v) is 5.92. The van der Waals surface area contributed by atoms with Gasteiger partial charge in [0.25, 0.3) is 0 Å². The minimum Gasteiger partial charge on any atom is -0.463 e. The molecule has 1 aliphatic rings. The van der Waals surface area contributed by atoms with Crippen molar-refractivity contribution in [2.24, 2.45) is 11.1 Å². The molecule has 0 unspecified atom stereocenters. The number of rotatable bonds is 5. The number of nitrogens with zero attached hydrogens (tertiary/aromatic N) is 3. The van der Waals surface area contributed by atoms with Crippen LogP contribution < -0.4 is 15.4 Å². The molecule has 1 aromatic carbocycles. The molecule has 0 aliphatic carbocycles. The summed E-state index contributed by atoms with van der Waals surface area (Å²) in [6.45, 7) is 1.32. The number of benzene rings is 1. The first-order chi connectivity index (χ1) is 14.4. The van der Waals surface area contributed by atoms with Crippen molar-refractivity contribution >= 4 is 27.4 Å². The van der Waals surface area contributed by atoms with Crippen molar-refractivity contribution in [3.05, 3.63) is 54.8 Å². The SMILES string of the molecule is NS(=O)(=O)c1ccc(NC(=O)[C@H]2CCCN(c3ccc(-c4ccco4)nn3)C2)cc1. The van der Waals surface area contributed by atoms with Crippen LogP contribution in [0, 0.1) is 5.92 Å². The number of hydrogen-bond acceptors (Lipinski definition) is 7. The summed E-state index contributed by atoms with van der Waals surface area (Å²) in [5, 5.41) is 16.4. The Balaban J connectivity index is 1.40. The van der Waals surface area contributed by atoms with Gasteiger partial charge >= 0.3 is 0 Å². The van der Waals surface area contributed by atoms with Gasteiger partial charge in [-0.15, -0.1) is 10.2 Å². The number of anilines is 2. The first-order valence-corrected chi connectivity index (χ1v) is 11.0. The van der Waals surface area contributed by atoms with Gasteiger partial charge in [0, 0.05) is 18.8 Å². The summed E-state index contributed by atoms with van der Waals surface area (Å²) in [4.78, 5) is 14.7. The number of piperidine rings is 1. The van der Waals surface area contributed by atoms with Gasteiger partial charge in [0.2, 0.25) is 15.9 Å². The lowest BCUT2D eigenvalue weighted by molar-refractivity contribution is -0.120. The average molecular weight is 427 g/mol. The third kappa shape index (κ3) is 4.50. The summed E-state index contributed by atoms with van der Waals surface area (Å²) in [7, 11) is -3.76. The van der Waals surface area contributed by atoms with Crippen LogP contribution in [0.15, 0.2) is 64.1 Å². The van der Waals surface area contributed by atoms with E-state index in [4.69, 9.17) is 9.56 Å². The molecule has 1 amide bonds. The summed E-state index contributed by atoms with van der Waals surface area (Å²) in [6, 6.07) is 13.1. The lowest BCUT2D eigenvalue weighted by Crippen LogP contribution is -2.41. The fourth-order valence-corrected chi connectivity index (χ4v) is 3.94. The molecule has 1 atom stereocenters. The van der Waals surface area contributed by atoms with Gasteiger partial charge in [-0.3, -0.25) is 4.79 Å². The molecule has 0 radical (unpaired) electrons. The quantitative estimate of drug-likeness (QED) is 0.638. The lowest BCUT2D eigenvalue weighted by atomic mass is 9.97. The van der Waals surface area contributed by atoms with Crippen molar-refractivity contribution in [3.8, 4) is 11.5 Å². The average Bonchev–Trinajstić information content (AvgIpc) is 3.29. The molecular formula is C20H21N5O4S. The first kappa shape index (κ1) is 20.0. The molecule has 3 N–H and O–H groups in total. The van der Waals surface area contributed by atoms with Crippen molar-refractivity contribution in [2.75, 3.05) is 23.3 Å². The second-order valence-electron chi connectivity index (χ2n) is 7.10. The first-order valence-electron chi connectivity index (χ1n) is 9.46. The number of sulfonamides is 1. The summed E-state index contributed by atoms with van der Waals surface area (Å²) in [5.41, 5.74) is 1.17. The molecule has 0 saturated carbocycles. The van der Waals surface area contributed by atoms with E-state index in [0.717, 1.165) is 19.4 Å². The van der Waals surface area contributed by atoms with E-state index in [1.54, 1.807) is 12.3 Å². The van der Waals surface area contributed by atoms with Crippen LogP contribution in [-0.2, 0) is 14.8 Å². The zero-order valence-corrected chi connectivity index (χ0v) is 16.9. The summed E-state index contributed by atoms with van der Waals surface area (Å²) in [6.07, 6.45) is 3.20. The van der Waals surface area contributed by atoms with Crippen molar-refractivity contribution in [1.29, 1.82) is 0 Å². The van der Waals surface area contributed by atoms with Crippen molar-refractivity contribution < 1.29 is 17.6 Å². The Labute approximate surface area is 174 Å². The Bertz CT molecular complexity index is 1110. The van der Waals surface area contributed by atoms with Gasteiger partial charge < -0.3 is 14.6 Å². The Hall–Kier alpha value is -3.24. The predicted molar refractivity (Wildman–Crippen MR) is 111 cm³/mol. The fourth-order valence-electron chi connectivity index (χ4n) is 3.42. The van der Waals surface area contributed by atoms with E-state index in [-0.39, 0.29) is 16.7 Å². The van der Waals surface area contributed by atoms with Crippen LogP contribution in [0.4, 0.5) is 11.5 Å². The highest BCUT2D eigenvalue weighted by Gasteiger charge is 2.27. The summed E-state index contributed by atoms with van der Waals surface area (Å²) in [5.74, 6) is 1.02. The molecule has 2 aromatic heterocycles. The lowest BCUT2D eigenvalue weighted by Gasteiger charge is -2.32. The molecule has 3 aromatic rings. The maximum Gasteiger partial charge on any atom is 0.238 e. The minimum absolute atomic E-state index is 0.000843. The zero-order chi connectivity index (χ0) is 21.1. The van der Waals surface area contributed by atoms with Gasteiger partial charge in [-0.2, -0.15) is 0 Å². The Morgan fingerprint density at radius 1 is 1.13 bits per heavy atom. The van der Waals surface area contributed by atoms with Crippen LogP contribution in [0.1, 0.15) is 12.8 Å². The van der Waals surface area contributed by atoms with Gasteiger partial charge in [0.15, 0.2) is 11.6 Å². The number of hydrogen-bond donors (Lipinski definition) is 2. The standard InChI is InChI=1S/C20H21N5O4S/c21-30(27,28)16-7-5-15(6-8-16)22-20(26)14-3-1-11-25(13-14)19-10-9-17(23-24-19)18-4-2-12-29-18/h2,4-10,12,14H,1,3,11,13H2,(H,22,26)(H2,21,27,28)/t14-/m0/s1. The Morgan fingerprint density at radius 2 is 1.93 bits per heavy atom. The number of furan rings is 1. The second kappa shape index (κ2) is 8.25. The molecule has 0 bridgehead atoms. The number of nitrogens with one attached hydrogen (secondary N) is 1. The molecule has 9 nitrogen and oxygen atoms in total. The van der Waals surface area contributed by atoms with E-state index in [9.17, 15) is 13.2 Å². The predicted octanol–water partition coefficient (Wildman–Crippen LogP) is 2.24. The molecule has 1 saturated heterocycles. The summed E-state index contributed by atoms with van der Waals surface area (Å²) < 4.78 is 28.0. The van der Waals surface area contributed by atoms with Crippen LogP contribution in [-0.4, -0.2) is 37.6 Å². The topological polar surface area (TPSA) is 131 Å². The third-order valence-electron chi connectivity index (χ3n) is 4.99. The number of amides is 1. The normalized spacial score (nSPS) is 17.0. The monoisotopic (exact) mass is 427 g/mol. The van der Waals surface area contributed by atoms with Crippen LogP contribution in [0.2, 0.25) is 0 Å². The second-order valence-corrected chi connectivity index (χ2v) is 8.66. The maximum atomic E-state index is 12.7. The maximum absolute atomic E-state index is 12.7. The van der Waals surface area contributed by atoms with Gasteiger partial charge in [0.05, 0.1) is 17.1 Å². The number of primary sulfonamides is 1. The van der Waals surface area contributed by atoms with Crippen LogP contribution in [0.3, 0.4) is 0 Å². The van der Waals surface area contributed by atoms with Gasteiger partial charge in [-0.05, 0) is 61.4 Å².